The van der Waals surface area contributed by atoms with Crippen molar-refractivity contribution >= 4 is 0 Å². The number of hydrogen-bond donors (Lipinski definition) is 2. The van der Waals surface area contributed by atoms with Gasteiger partial charge in [-0.15, -0.1) is 0 Å². The zero-order valence-corrected chi connectivity index (χ0v) is 8.98. The Labute approximate surface area is 76.9 Å². The van der Waals surface area contributed by atoms with Gasteiger partial charge in [0.05, 0.1) is 0 Å². The highest BCUT2D eigenvalue weighted by molar-refractivity contribution is 4.77. The molecule has 0 radical (unpaired) electrons. The summed E-state index contributed by atoms with van der Waals surface area (Å²) in [4.78, 5) is 0. The lowest BCUT2D eigenvalue weighted by molar-refractivity contribution is 0.289. The Kier molecular flexibility index (Phi) is 5.51. The monoisotopic (exact) mass is 172 g/mol. The van der Waals surface area contributed by atoms with Gasteiger partial charge in [0.25, 0.3) is 0 Å². The molecule has 0 aromatic carbocycles. The SMILES string of the molecule is CCC(C)NCC(C)(CC)CN. The van der Waals surface area contributed by atoms with Crippen LogP contribution in [0.5, 0.6) is 0 Å². The van der Waals surface area contributed by atoms with Gasteiger partial charge in [0.2, 0.25) is 0 Å². The van der Waals surface area contributed by atoms with E-state index in [1.807, 2.05) is 0 Å². The normalized spacial score (nSPS) is 18.8. The van der Waals surface area contributed by atoms with Crippen LogP contribution in [0.25, 0.3) is 0 Å². The maximum Gasteiger partial charge on any atom is 0.00363 e. The molecule has 0 rings (SSSR count). The van der Waals surface area contributed by atoms with Crippen molar-refractivity contribution in [3.05, 3.63) is 0 Å². The van der Waals surface area contributed by atoms with Crippen molar-refractivity contribution in [3.8, 4) is 0 Å². The number of nitrogens with one attached hydrogen (secondary N) is 1. The van der Waals surface area contributed by atoms with E-state index in [-0.39, 0.29) is 5.41 Å². The average Bonchev–Trinajstić information content (AvgIpc) is 2.13. The van der Waals surface area contributed by atoms with E-state index in [0.717, 1.165) is 19.5 Å². The molecule has 0 aromatic heterocycles. The lowest BCUT2D eigenvalue weighted by Crippen LogP contribution is -2.40. The van der Waals surface area contributed by atoms with Crippen LogP contribution in [-0.2, 0) is 0 Å². The van der Waals surface area contributed by atoms with E-state index < -0.39 is 0 Å². The third-order valence-electron chi connectivity index (χ3n) is 2.84. The Hall–Kier alpha value is -0.0800. The summed E-state index contributed by atoms with van der Waals surface area (Å²) in [6.45, 7) is 10.7. The molecule has 0 aliphatic carbocycles. The van der Waals surface area contributed by atoms with Gasteiger partial charge < -0.3 is 11.1 Å². The third-order valence-corrected chi connectivity index (χ3v) is 2.84. The molecule has 0 bridgehead atoms. The van der Waals surface area contributed by atoms with E-state index in [2.05, 4.69) is 33.0 Å². The largest absolute Gasteiger partial charge is 0.330 e. The summed E-state index contributed by atoms with van der Waals surface area (Å²) in [6, 6.07) is 0.613. The van der Waals surface area contributed by atoms with Gasteiger partial charge in [-0.1, -0.05) is 20.8 Å². The van der Waals surface area contributed by atoms with Crippen molar-refractivity contribution in [3.63, 3.8) is 0 Å². The van der Waals surface area contributed by atoms with Crippen LogP contribution in [0.4, 0.5) is 0 Å². The Morgan fingerprint density at radius 3 is 2.33 bits per heavy atom. The molecule has 0 spiro atoms. The summed E-state index contributed by atoms with van der Waals surface area (Å²) in [6.07, 6.45) is 2.33. The summed E-state index contributed by atoms with van der Waals surface area (Å²) < 4.78 is 0. The van der Waals surface area contributed by atoms with Gasteiger partial charge in [-0.3, -0.25) is 0 Å². The van der Waals surface area contributed by atoms with E-state index in [4.69, 9.17) is 5.73 Å². The number of rotatable bonds is 6. The van der Waals surface area contributed by atoms with E-state index in [1.165, 1.54) is 6.42 Å². The van der Waals surface area contributed by atoms with Gasteiger partial charge in [-0.2, -0.15) is 0 Å². The van der Waals surface area contributed by atoms with Gasteiger partial charge >= 0.3 is 0 Å². The predicted octanol–water partition coefficient (Wildman–Crippen LogP) is 1.75. The molecule has 0 fully saturated rings. The highest BCUT2D eigenvalue weighted by atomic mass is 14.9. The van der Waals surface area contributed by atoms with Gasteiger partial charge in [-0.05, 0) is 31.7 Å². The van der Waals surface area contributed by atoms with Crippen molar-refractivity contribution in [2.24, 2.45) is 11.1 Å². The zero-order valence-electron chi connectivity index (χ0n) is 8.98. The molecule has 2 nitrogen and oxygen atoms in total. The zero-order chi connectivity index (χ0) is 9.61. The summed E-state index contributed by atoms with van der Waals surface area (Å²) in [5.41, 5.74) is 5.99. The summed E-state index contributed by atoms with van der Waals surface area (Å²) in [5, 5.41) is 3.49. The smallest absolute Gasteiger partial charge is 0.00363 e. The molecule has 2 heteroatoms. The number of hydrogen-bond acceptors (Lipinski definition) is 2. The molecular weight excluding hydrogens is 148 g/mol. The Balaban J connectivity index is 3.72. The molecule has 0 aromatic rings. The molecular formula is C10H24N2. The molecule has 0 aliphatic heterocycles. The fourth-order valence-corrected chi connectivity index (χ4v) is 0.906. The van der Waals surface area contributed by atoms with Crippen molar-refractivity contribution in [2.75, 3.05) is 13.1 Å². The second kappa shape index (κ2) is 5.55. The first-order chi connectivity index (χ1) is 5.58. The summed E-state index contributed by atoms with van der Waals surface area (Å²) in [7, 11) is 0. The van der Waals surface area contributed by atoms with Crippen LogP contribution in [0.3, 0.4) is 0 Å². The average molecular weight is 172 g/mol. The Morgan fingerprint density at radius 2 is 2.00 bits per heavy atom. The van der Waals surface area contributed by atoms with Crippen molar-refractivity contribution in [1.29, 1.82) is 0 Å². The molecule has 12 heavy (non-hydrogen) atoms. The van der Waals surface area contributed by atoms with E-state index in [1.54, 1.807) is 0 Å². The molecule has 0 heterocycles. The summed E-state index contributed by atoms with van der Waals surface area (Å²) in [5.74, 6) is 0. The second-order valence-electron chi connectivity index (χ2n) is 4.06. The highest BCUT2D eigenvalue weighted by Crippen LogP contribution is 2.17. The van der Waals surface area contributed by atoms with E-state index in [9.17, 15) is 0 Å². The van der Waals surface area contributed by atoms with Crippen LogP contribution in [0.15, 0.2) is 0 Å². The van der Waals surface area contributed by atoms with Crippen molar-refractivity contribution in [1.82, 2.24) is 5.32 Å². The first-order valence-corrected chi connectivity index (χ1v) is 5.01. The van der Waals surface area contributed by atoms with Gasteiger partial charge in [-0.25, -0.2) is 0 Å². The molecule has 0 saturated carbocycles. The van der Waals surface area contributed by atoms with Crippen LogP contribution in [0.1, 0.15) is 40.5 Å². The van der Waals surface area contributed by atoms with Crippen LogP contribution >= 0.6 is 0 Å². The van der Waals surface area contributed by atoms with Crippen molar-refractivity contribution in [2.45, 2.75) is 46.6 Å². The maximum absolute atomic E-state index is 5.71. The minimum Gasteiger partial charge on any atom is -0.330 e. The molecule has 3 N–H and O–H groups in total. The summed E-state index contributed by atoms with van der Waals surface area (Å²) >= 11 is 0. The quantitative estimate of drug-likeness (QED) is 0.640. The first kappa shape index (κ1) is 11.9. The van der Waals surface area contributed by atoms with Crippen LogP contribution in [-0.4, -0.2) is 19.1 Å². The molecule has 0 amide bonds. The first-order valence-electron chi connectivity index (χ1n) is 5.01. The molecule has 2 atom stereocenters. The fraction of sp³-hybridized carbons (Fsp3) is 1.00. The topological polar surface area (TPSA) is 38.0 Å². The van der Waals surface area contributed by atoms with Crippen LogP contribution in [0.2, 0.25) is 0 Å². The van der Waals surface area contributed by atoms with Crippen molar-refractivity contribution < 1.29 is 0 Å². The van der Waals surface area contributed by atoms with Crippen LogP contribution < -0.4 is 11.1 Å². The Bertz CT molecular complexity index is 108. The van der Waals surface area contributed by atoms with E-state index >= 15 is 0 Å². The highest BCUT2D eigenvalue weighted by Gasteiger charge is 2.19. The number of nitrogens with two attached hydrogens (primary N) is 1. The predicted molar refractivity (Wildman–Crippen MR) is 55.2 cm³/mol. The minimum absolute atomic E-state index is 0.281. The van der Waals surface area contributed by atoms with Crippen LogP contribution in [0, 0.1) is 5.41 Å². The van der Waals surface area contributed by atoms with Gasteiger partial charge in [0, 0.05) is 12.6 Å². The maximum atomic E-state index is 5.71. The standard InChI is InChI=1S/C10H24N2/c1-5-9(3)12-8-10(4,6-2)7-11/h9,12H,5-8,11H2,1-4H3. The minimum atomic E-state index is 0.281. The molecule has 0 saturated heterocycles. The molecule has 2 unspecified atom stereocenters. The lowest BCUT2D eigenvalue weighted by Gasteiger charge is -2.28. The van der Waals surface area contributed by atoms with E-state index in [0.29, 0.717) is 6.04 Å². The Morgan fingerprint density at radius 1 is 1.42 bits per heavy atom. The lowest BCUT2D eigenvalue weighted by atomic mass is 9.87. The van der Waals surface area contributed by atoms with Gasteiger partial charge in [0.1, 0.15) is 0 Å². The molecule has 0 aliphatic rings. The fourth-order valence-electron chi connectivity index (χ4n) is 0.906. The second-order valence-corrected chi connectivity index (χ2v) is 4.06. The third kappa shape index (κ3) is 4.07. The molecule has 74 valence electrons. The van der Waals surface area contributed by atoms with Gasteiger partial charge in [0.15, 0.2) is 0 Å².